The minimum Gasteiger partial charge on any atom is -0.147 e. The zero-order chi connectivity index (χ0) is 16.8. The average Bonchev–Trinajstić information content (AvgIpc) is 3.07. The number of rotatable bonds is 4. The zero-order valence-corrected chi connectivity index (χ0v) is 19.2. The fourth-order valence-corrected chi connectivity index (χ4v) is 9.02. The summed E-state index contributed by atoms with van der Waals surface area (Å²) in [6, 6.07) is 9.14. The maximum absolute atomic E-state index is 2.58. The summed E-state index contributed by atoms with van der Waals surface area (Å²) in [5, 5.41) is 0. The van der Waals surface area contributed by atoms with Crippen molar-refractivity contribution in [2.45, 2.75) is 60.3 Å². The van der Waals surface area contributed by atoms with Crippen LogP contribution in [0.5, 0.6) is 0 Å². The van der Waals surface area contributed by atoms with Gasteiger partial charge >= 0.3 is 156 Å². The second kappa shape index (κ2) is 8.40. The Balaban J connectivity index is 0.00000121. The van der Waals surface area contributed by atoms with Gasteiger partial charge in [-0.3, -0.25) is 0 Å². The van der Waals surface area contributed by atoms with Gasteiger partial charge in [-0.1, -0.05) is 0 Å². The molecule has 2 unspecified atom stereocenters. The Kier molecular flexibility index (Phi) is 7.11. The van der Waals surface area contributed by atoms with Gasteiger partial charge in [-0.2, -0.15) is 0 Å². The second-order valence-corrected chi connectivity index (χ2v) is 11.8. The fraction of sp³-hybridized carbons (Fsp3) is 0.478. The Morgan fingerprint density at radius 2 is 1.73 bits per heavy atom. The van der Waals surface area contributed by atoms with E-state index in [1.165, 1.54) is 37.7 Å². The topological polar surface area (TPSA) is 0 Å². The van der Waals surface area contributed by atoms with Crippen LogP contribution in [0.25, 0.3) is 6.08 Å². The van der Waals surface area contributed by atoms with E-state index in [1.54, 1.807) is 16.7 Å². The van der Waals surface area contributed by atoms with E-state index in [1.807, 2.05) is 0 Å². The van der Waals surface area contributed by atoms with Crippen molar-refractivity contribution in [2.75, 3.05) is 0 Å². The number of fused-ring (bicyclic) bond motifs is 1. The van der Waals surface area contributed by atoms with Crippen LogP contribution in [0.4, 0.5) is 0 Å². The van der Waals surface area contributed by atoms with Gasteiger partial charge in [-0.15, -0.1) is 24.8 Å². The van der Waals surface area contributed by atoms with E-state index in [2.05, 4.69) is 69.3 Å². The van der Waals surface area contributed by atoms with Crippen LogP contribution in [0.2, 0.25) is 3.72 Å². The Bertz CT molecular complexity index is 746. The first-order valence-electron chi connectivity index (χ1n) is 9.52. The van der Waals surface area contributed by atoms with Crippen LogP contribution in [0.1, 0.15) is 64.0 Å². The first kappa shape index (κ1) is 22.0. The van der Waals surface area contributed by atoms with Crippen LogP contribution in [0.15, 0.2) is 53.6 Å². The third-order valence-corrected chi connectivity index (χ3v) is 9.20. The molecule has 3 aliphatic rings. The van der Waals surface area contributed by atoms with Crippen molar-refractivity contribution in [1.82, 2.24) is 0 Å². The molecule has 0 nitrogen and oxygen atoms in total. The second-order valence-electron chi connectivity index (χ2n) is 8.36. The molecule has 2 atom stereocenters. The molecule has 0 heterocycles. The molecule has 0 bridgehead atoms. The summed E-state index contributed by atoms with van der Waals surface area (Å²) >= 11 is -0.227. The first-order chi connectivity index (χ1) is 11.5. The van der Waals surface area contributed by atoms with Crippen LogP contribution in [-0.2, 0) is 22.9 Å². The maximum Gasteiger partial charge on any atom is -0.147 e. The van der Waals surface area contributed by atoms with E-state index < -0.39 is 0 Å². The fourth-order valence-electron chi connectivity index (χ4n) is 5.01. The summed E-state index contributed by atoms with van der Waals surface area (Å²) in [7, 11) is 0. The maximum atomic E-state index is 2.58. The SMILES string of the molecule is CC(C)C[C]1([Ti][C]2(C)C=CC3=C2CCCC3)C=Cc2ccccc21.Cl.Cl. The third kappa shape index (κ3) is 3.81. The van der Waals surface area contributed by atoms with E-state index in [9.17, 15) is 0 Å². The largest absolute Gasteiger partial charge is 0.147 e. The van der Waals surface area contributed by atoms with Gasteiger partial charge in [0.1, 0.15) is 0 Å². The first-order valence-corrected chi connectivity index (χ1v) is 11.1. The molecule has 4 rings (SSSR count). The summed E-state index contributed by atoms with van der Waals surface area (Å²) in [6.07, 6.45) is 16.8. The van der Waals surface area contributed by atoms with Gasteiger partial charge in [-0.05, 0) is 0 Å². The number of hydrogen-bond donors (Lipinski definition) is 0. The molecular formula is C23H30Cl2Ti. The number of hydrogen-bond acceptors (Lipinski definition) is 0. The molecule has 26 heavy (non-hydrogen) atoms. The number of halogens is 2. The van der Waals surface area contributed by atoms with E-state index >= 15 is 0 Å². The predicted molar refractivity (Wildman–Crippen MR) is 114 cm³/mol. The summed E-state index contributed by atoms with van der Waals surface area (Å²) < 4.78 is 0.691. The Morgan fingerprint density at radius 3 is 2.50 bits per heavy atom. The molecule has 0 amide bonds. The van der Waals surface area contributed by atoms with Gasteiger partial charge in [0.25, 0.3) is 0 Å². The summed E-state index contributed by atoms with van der Waals surface area (Å²) in [5.74, 6) is 0.735. The van der Waals surface area contributed by atoms with Gasteiger partial charge in [0.15, 0.2) is 0 Å². The van der Waals surface area contributed by atoms with Crippen LogP contribution < -0.4 is 0 Å². The molecule has 1 aromatic carbocycles. The molecule has 3 heteroatoms. The van der Waals surface area contributed by atoms with Crippen molar-refractivity contribution in [1.29, 1.82) is 0 Å². The Labute approximate surface area is 180 Å². The summed E-state index contributed by atoms with van der Waals surface area (Å²) in [4.78, 5) is 0. The molecule has 3 aliphatic carbocycles. The van der Waals surface area contributed by atoms with Crippen molar-refractivity contribution >= 4 is 30.9 Å². The summed E-state index contributed by atoms with van der Waals surface area (Å²) in [5.41, 5.74) is 6.56. The van der Waals surface area contributed by atoms with E-state index in [0.717, 1.165) is 5.92 Å². The standard InChI is InChI=1S/C13H15.C10H13.2ClH.Ti/c1-10(2)9-12-8-7-11-5-3-4-6-13(11)12;1-8-6-7-9-4-2-3-5-10(8)9;;;/h3-8,10H,9H2,1-2H3;6-7H,2-5H2,1H3;2*1H;. The predicted octanol–water partition coefficient (Wildman–Crippen LogP) is 7.50. The van der Waals surface area contributed by atoms with Crippen LogP contribution >= 0.6 is 24.8 Å². The summed E-state index contributed by atoms with van der Waals surface area (Å²) in [6.45, 7) is 7.33. The van der Waals surface area contributed by atoms with E-state index in [-0.39, 0.29) is 44.0 Å². The minimum atomic E-state index is -0.227. The molecule has 0 aliphatic heterocycles. The molecule has 0 fully saturated rings. The van der Waals surface area contributed by atoms with Crippen molar-refractivity contribution in [3.05, 3.63) is 64.8 Å². The van der Waals surface area contributed by atoms with Crippen molar-refractivity contribution in [3.63, 3.8) is 0 Å². The molecule has 0 saturated carbocycles. The Hall–Kier alpha value is -0.266. The van der Waals surface area contributed by atoms with Crippen molar-refractivity contribution in [3.8, 4) is 0 Å². The van der Waals surface area contributed by atoms with Gasteiger partial charge in [0.05, 0.1) is 0 Å². The molecular weight excluding hydrogens is 395 g/mol. The van der Waals surface area contributed by atoms with Crippen LogP contribution in [0, 0.1) is 5.92 Å². The van der Waals surface area contributed by atoms with Crippen molar-refractivity contribution in [2.24, 2.45) is 5.92 Å². The molecule has 0 spiro atoms. The Morgan fingerprint density at radius 1 is 1.00 bits per heavy atom. The zero-order valence-electron chi connectivity index (χ0n) is 16.0. The monoisotopic (exact) mass is 424 g/mol. The van der Waals surface area contributed by atoms with Gasteiger partial charge < -0.3 is 0 Å². The molecule has 0 saturated heterocycles. The third-order valence-electron chi connectivity index (χ3n) is 5.96. The van der Waals surface area contributed by atoms with Crippen molar-refractivity contribution < 1.29 is 19.2 Å². The van der Waals surface area contributed by atoms with Gasteiger partial charge in [0.2, 0.25) is 0 Å². The molecule has 0 radical (unpaired) electrons. The number of allylic oxidation sites excluding steroid dienone is 5. The molecule has 0 aromatic heterocycles. The number of benzene rings is 1. The van der Waals surface area contributed by atoms with E-state index in [4.69, 9.17) is 0 Å². The average molecular weight is 425 g/mol. The van der Waals surface area contributed by atoms with Gasteiger partial charge in [0, 0.05) is 0 Å². The van der Waals surface area contributed by atoms with Crippen LogP contribution in [0.3, 0.4) is 0 Å². The van der Waals surface area contributed by atoms with E-state index in [0.29, 0.717) is 7.44 Å². The minimum absolute atomic E-state index is 0. The molecule has 140 valence electrons. The normalized spacial score (nSPS) is 28.5. The molecule has 1 aromatic rings. The van der Waals surface area contributed by atoms with Gasteiger partial charge in [-0.25, -0.2) is 0 Å². The molecule has 0 N–H and O–H groups in total. The quantitative estimate of drug-likeness (QED) is 0.438. The van der Waals surface area contributed by atoms with Crippen LogP contribution in [-0.4, -0.2) is 0 Å². The smallest absolute Gasteiger partial charge is 0.147 e.